The Kier molecular flexibility index (Phi) is 5.87. The minimum atomic E-state index is -0.161. The van der Waals surface area contributed by atoms with E-state index in [1.54, 1.807) is 6.20 Å². The van der Waals surface area contributed by atoms with Gasteiger partial charge in [0, 0.05) is 19.6 Å². The summed E-state index contributed by atoms with van der Waals surface area (Å²) < 4.78 is 0. The number of carbonyl (C=O) groups excluding carboxylic acids is 2. The van der Waals surface area contributed by atoms with Crippen LogP contribution in [0.2, 0.25) is 0 Å². The van der Waals surface area contributed by atoms with E-state index in [-0.39, 0.29) is 29.2 Å². The molecule has 25 heavy (non-hydrogen) atoms. The van der Waals surface area contributed by atoms with Gasteiger partial charge in [-0.2, -0.15) is 5.10 Å². The second-order valence-corrected chi connectivity index (χ2v) is 8.52. The van der Waals surface area contributed by atoms with Crippen LogP contribution in [-0.2, 0) is 4.79 Å². The van der Waals surface area contributed by atoms with Gasteiger partial charge in [0.15, 0.2) is 0 Å². The molecule has 0 bridgehead atoms. The smallest absolute Gasteiger partial charge is 0.269 e. The van der Waals surface area contributed by atoms with Crippen LogP contribution in [0.15, 0.2) is 6.20 Å². The lowest BCUT2D eigenvalue weighted by atomic mass is 9.96. The molecule has 0 radical (unpaired) electrons. The van der Waals surface area contributed by atoms with E-state index in [9.17, 15) is 9.59 Å². The van der Waals surface area contributed by atoms with Gasteiger partial charge in [0.2, 0.25) is 5.91 Å². The van der Waals surface area contributed by atoms with Gasteiger partial charge in [-0.25, -0.2) is 0 Å². The Hall–Kier alpha value is -1.89. The van der Waals surface area contributed by atoms with Crippen molar-refractivity contribution in [3.63, 3.8) is 0 Å². The molecule has 1 aliphatic heterocycles. The maximum atomic E-state index is 12.6. The summed E-state index contributed by atoms with van der Waals surface area (Å²) in [5, 5.41) is 9.64. The first kappa shape index (κ1) is 19.4. The second kappa shape index (κ2) is 7.56. The third-order valence-electron chi connectivity index (χ3n) is 4.49. The van der Waals surface area contributed by atoms with Crippen LogP contribution in [0.5, 0.6) is 0 Å². The van der Waals surface area contributed by atoms with Crippen molar-refractivity contribution in [2.24, 2.45) is 11.3 Å². The average molecular weight is 349 g/mol. The Morgan fingerprint density at radius 3 is 2.64 bits per heavy atom. The van der Waals surface area contributed by atoms with Crippen molar-refractivity contribution in [1.29, 1.82) is 0 Å². The molecule has 140 valence electrons. The molecular weight excluding hydrogens is 318 g/mol. The van der Waals surface area contributed by atoms with Crippen LogP contribution in [0.1, 0.15) is 43.7 Å². The standard InChI is InChI=1S/C18H31N5O2/c1-12-7-19-21-16(12)17(25)20-14-9-23(8-13(14)2)15(24)10-22(6)11-18(3,4)5/h7,13-14H,8-11H2,1-6H3,(H,19,21)(H,20,25)/t13-,14+/m0/s1. The molecule has 0 unspecified atom stereocenters. The zero-order chi connectivity index (χ0) is 18.8. The highest BCUT2D eigenvalue weighted by Crippen LogP contribution is 2.19. The minimum absolute atomic E-state index is 0.0351. The van der Waals surface area contributed by atoms with Gasteiger partial charge in [-0.3, -0.25) is 19.6 Å². The molecule has 0 saturated carbocycles. The molecule has 1 aliphatic rings. The van der Waals surface area contributed by atoms with E-state index in [1.807, 2.05) is 18.9 Å². The highest BCUT2D eigenvalue weighted by molar-refractivity contribution is 5.93. The number of nitrogens with one attached hydrogen (secondary N) is 2. The molecular formula is C18H31N5O2. The fourth-order valence-corrected chi connectivity index (χ4v) is 3.37. The molecule has 0 spiro atoms. The monoisotopic (exact) mass is 349 g/mol. The van der Waals surface area contributed by atoms with Crippen molar-refractivity contribution in [3.05, 3.63) is 17.5 Å². The Morgan fingerprint density at radius 2 is 2.08 bits per heavy atom. The van der Waals surface area contributed by atoms with Crippen molar-refractivity contribution in [2.45, 2.75) is 40.7 Å². The van der Waals surface area contributed by atoms with Crippen molar-refractivity contribution in [2.75, 3.05) is 33.2 Å². The van der Waals surface area contributed by atoms with Crippen molar-refractivity contribution >= 4 is 11.8 Å². The Labute approximate surface area is 150 Å². The zero-order valence-corrected chi connectivity index (χ0v) is 16.2. The lowest BCUT2D eigenvalue weighted by Gasteiger charge is -2.27. The molecule has 2 rings (SSSR count). The van der Waals surface area contributed by atoms with Gasteiger partial charge in [-0.15, -0.1) is 0 Å². The number of aryl methyl sites for hydroxylation is 1. The van der Waals surface area contributed by atoms with Crippen LogP contribution in [0.25, 0.3) is 0 Å². The maximum absolute atomic E-state index is 12.6. The summed E-state index contributed by atoms with van der Waals surface area (Å²) in [5.74, 6) is 0.183. The molecule has 0 aliphatic carbocycles. The predicted molar refractivity (Wildman–Crippen MR) is 97.3 cm³/mol. The third-order valence-corrected chi connectivity index (χ3v) is 4.49. The first-order chi connectivity index (χ1) is 11.6. The van der Waals surface area contributed by atoms with Crippen molar-refractivity contribution < 1.29 is 9.59 Å². The summed E-state index contributed by atoms with van der Waals surface area (Å²) >= 11 is 0. The molecule has 2 N–H and O–H groups in total. The summed E-state index contributed by atoms with van der Waals surface area (Å²) in [6.45, 7) is 12.9. The van der Waals surface area contributed by atoms with Gasteiger partial charge < -0.3 is 10.2 Å². The van der Waals surface area contributed by atoms with Gasteiger partial charge in [0.1, 0.15) is 5.69 Å². The molecule has 7 heteroatoms. The van der Waals surface area contributed by atoms with E-state index in [4.69, 9.17) is 0 Å². The van der Waals surface area contributed by atoms with E-state index in [2.05, 4.69) is 48.1 Å². The number of nitrogens with zero attached hydrogens (tertiary/aromatic N) is 3. The molecule has 1 saturated heterocycles. The summed E-state index contributed by atoms with van der Waals surface area (Å²) in [4.78, 5) is 28.8. The average Bonchev–Trinajstić information content (AvgIpc) is 3.03. The normalized spacial score (nSPS) is 21.0. The maximum Gasteiger partial charge on any atom is 0.269 e. The lowest BCUT2D eigenvalue weighted by molar-refractivity contribution is -0.131. The Morgan fingerprint density at radius 1 is 1.40 bits per heavy atom. The number of carbonyl (C=O) groups is 2. The van der Waals surface area contributed by atoms with E-state index < -0.39 is 0 Å². The molecule has 1 aromatic rings. The molecule has 2 heterocycles. The van der Waals surface area contributed by atoms with Crippen LogP contribution >= 0.6 is 0 Å². The van der Waals surface area contributed by atoms with Gasteiger partial charge in [-0.05, 0) is 30.9 Å². The van der Waals surface area contributed by atoms with E-state index >= 15 is 0 Å². The zero-order valence-electron chi connectivity index (χ0n) is 16.2. The summed E-state index contributed by atoms with van der Waals surface area (Å²) in [6, 6.07) is -0.0351. The van der Waals surface area contributed by atoms with Crippen LogP contribution in [0.4, 0.5) is 0 Å². The Bertz CT molecular complexity index is 619. The summed E-state index contributed by atoms with van der Waals surface area (Å²) in [7, 11) is 1.98. The largest absolute Gasteiger partial charge is 0.346 e. The number of amides is 2. The number of likely N-dealkylation sites (N-methyl/N-ethyl adjacent to an activating group) is 1. The van der Waals surface area contributed by atoms with Gasteiger partial charge in [0.25, 0.3) is 5.91 Å². The van der Waals surface area contributed by atoms with Crippen LogP contribution in [0.3, 0.4) is 0 Å². The quantitative estimate of drug-likeness (QED) is 0.839. The number of hydrogen-bond donors (Lipinski definition) is 2. The molecule has 1 aromatic heterocycles. The van der Waals surface area contributed by atoms with Crippen LogP contribution in [0, 0.1) is 18.3 Å². The van der Waals surface area contributed by atoms with E-state index in [0.29, 0.717) is 25.3 Å². The topological polar surface area (TPSA) is 81.3 Å². The van der Waals surface area contributed by atoms with Crippen molar-refractivity contribution in [3.8, 4) is 0 Å². The van der Waals surface area contributed by atoms with E-state index in [0.717, 1.165) is 12.1 Å². The van der Waals surface area contributed by atoms with Crippen LogP contribution in [-0.4, -0.2) is 71.1 Å². The third kappa shape index (κ3) is 5.29. The second-order valence-electron chi connectivity index (χ2n) is 8.52. The fraction of sp³-hybridized carbons (Fsp3) is 0.722. The SMILES string of the molecule is Cc1cn[nH]c1C(=O)N[C@@H]1CN(C(=O)CN(C)CC(C)(C)C)C[C@@H]1C. The predicted octanol–water partition coefficient (Wildman–Crippen LogP) is 1.27. The number of aromatic amines is 1. The number of hydrogen-bond acceptors (Lipinski definition) is 4. The molecule has 0 aromatic carbocycles. The Balaban J connectivity index is 1.89. The van der Waals surface area contributed by atoms with E-state index in [1.165, 1.54) is 0 Å². The molecule has 1 fully saturated rings. The first-order valence-corrected chi connectivity index (χ1v) is 8.84. The summed E-state index contributed by atoms with van der Waals surface area (Å²) in [6.07, 6.45) is 1.63. The number of H-pyrrole nitrogens is 1. The summed E-state index contributed by atoms with van der Waals surface area (Å²) in [5.41, 5.74) is 1.47. The highest BCUT2D eigenvalue weighted by atomic mass is 16.2. The lowest BCUT2D eigenvalue weighted by Crippen LogP contribution is -2.43. The van der Waals surface area contributed by atoms with Crippen LogP contribution < -0.4 is 5.32 Å². The molecule has 2 amide bonds. The minimum Gasteiger partial charge on any atom is -0.346 e. The number of rotatable bonds is 5. The van der Waals surface area contributed by atoms with Crippen molar-refractivity contribution in [1.82, 2.24) is 25.3 Å². The highest BCUT2D eigenvalue weighted by Gasteiger charge is 2.34. The number of likely N-dealkylation sites (tertiary alicyclic amines) is 1. The molecule has 2 atom stereocenters. The first-order valence-electron chi connectivity index (χ1n) is 8.84. The fourth-order valence-electron chi connectivity index (χ4n) is 3.37. The van der Waals surface area contributed by atoms with Gasteiger partial charge in [-0.1, -0.05) is 27.7 Å². The van der Waals surface area contributed by atoms with Gasteiger partial charge >= 0.3 is 0 Å². The number of aromatic nitrogens is 2. The molecule has 7 nitrogen and oxygen atoms in total. The van der Waals surface area contributed by atoms with Gasteiger partial charge in [0.05, 0.1) is 18.8 Å².